The number of ether oxygens (including phenoxy) is 2. The molecule has 0 fully saturated rings. The van der Waals surface area contributed by atoms with Gasteiger partial charge in [0.25, 0.3) is 5.90 Å². The summed E-state index contributed by atoms with van der Waals surface area (Å²) in [5, 5.41) is 0. The molecule has 6 heteroatoms. The summed E-state index contributed by atoms with van der Waals surface area (Å²) in [7, 11) is 0. The van der Waals surface area contributed by atoms with E-state index >= 15 is 0 Å². The summed E-state index contributed by atoms with van der Waals surface area (Å²) in [6.07, 6.45) is 3.16. The van der Waals surface area contributed by atoms with Crippen LogP contribution < -0.4 is 4.74 Å². The van der Waals surface area contributed by atoms with Crippen molar-refractivity contribution in [3.63, 3.8) is 0 Å². The van der Waals surface area contributed by atoms with Crippen molar-refractivity contribution in [3.05, 3.63) is 93.1 Å². The first-order valence-electron chi connectivity index (χ1n) is 8.22. The van der Waals surface area contributed by atoms with Crippen molar-refractivity contribution in [2.45, 2.75) is 6.61 Å². The highest BCUT2D eigenvalue weighted by Crippen LogP contribution is 2.25. The lowest BCUT2D eigenvalue weighted by molar-refractivity contribution is -0.130. The second-order valence-corrected chi connectivity index (χ2v) is 7.02. The lowest BCUT2D eigenvalue weighted by atomic mass is 10.1. The van der Waals surface area contributed by atoms with Crippen molar-refractivity contribution >= 4 is 40.5 Å². The standard InChI is InChI=1S/C21H14INO4/c22-16-7-3-5-14(11-16)13-26-18-8-2-1-6-15(18)12-17-21(24)27-20(23-17)19-9-4-10-25-19/h1-12H,13H2/b17-12-. The molecule has 1 aliphatic rings. The molecule has 0 N–H and O–H groups in total. The Kier molecular flexibility index (Phi) is 5.06. The Morgan fingerprint density at radius 1 is 1.07 bits per heavy atom. The fourth-order valence-corrected chi connectivity index (χ4v) is 3.19. The monoisotopic (exact) mass is 471 g/mol. The molecule has 2 heterocycles. The summed E-state index contributed by atoms with van der Waals surface area (Å²) in [4.78, 5) is 16.4. The zero-order chi connectivity index (χ0) is 18.6. The van der Waals surface area contributed by atoms with Crippen molar-refractivity contribution in [2.75, 3.05) is 0 Å². The zero-order valence-electron chi connectivity index (χ0n) is 14.1. The minimum atomic E-state index is -0.520. The second-order valence-electron chi connectivity index (χ2n) is 5.77. The van der Waals surface area contributed by atoms with Gasteiger partial charge in [-0.1, -0.05) is 30.3 Å². The van der Waals surface area contributed by atoms with Crippen LogP contribution in [-0.4, -0.2) is 11.9 Å². The Bertz CT molecular complexity index is 1040. The minimum Gasteiger partial charge on any atom is -0.488 e. The molecule has 1 aliphatic heterocycles. The number of benzene rings is 2. The number of halogens is 1. The molecule has 0 spiro atoms. The second kappa shape index (κ2) is 7.79. The number of aliphatic imine (C=N–C) groups is 1. The van der Waals surface area contributed by atoms with Gasteiger partial charge in [-0.2, -0.15) is 0 Å². The number of carbonyl (C=O) groups is 1. The van der Waals surface area contributed by atoms with Crippen LogP contribution in [0.25, 0.3) is 6.08 Å². The van der Waals surface area contributed by atoms with Crippen molar-refractivity contribution in [3.8, 4) is 5.75 Å². The number of hydrogen-bond donors (Lipinski definition) is 0. The Hall–Kier alpha value is -2.87. The van der Waals surface area contributed by atoms with Crippen molar-refractivity contribution in [1.82, 2.24) is 0 Å². The predicted molar refractivity (Wildman–Crippen MR) is 109 cm³/mol. The van der Waals surface area contributed by atoms with Gasteiger partial charge in [-0.15, -0.1) is 0 Å². The number of carbonyl (C=O) groups excluding carboxylic acids is 1. The summed E-state index contributed by atoms with van der Waals surface area (Å²) < 4.78 is 17.5. The van der Waals surface area contributed by atoms with Gasteiger partial charge in [0.2, 0.25) is 0 Å². The van der Waals surface area contributed by atoms with Crippen LogP contribution >= 0.6 is 22.6 Å². The molecule has 27 heavy (non-hydrogen) atoms. The molecule has 1 aromatic heterocycles. The molecule has 3 aromatic rings. The molecule has 134 valence electrons. The highest BCUT2D eigenvalue weighted by molar-refractivity contribution is 14.1. The number of hydrogen-bond acceptors (Lipinski definition) is 5. The first-order valence-corrected chi connectivity index (χ1v) is 9.29. The van der Waals surface area contributed by atoms with Crippen LogP contribution in [0.15, 0.2) is 82.0 Å². The first-order chi connectivity index (χ1) is 13.2. The van der Waals surface area contributed by atoms with Gasteiger partial charge in [0, 0.05) is 9.13 Å². The molecule has 5 nitrogen and oxygen atoms in total. The smallest absolute Gasteiger partial charge is 0.363 e. The zero-order valence-corrected chi connectivity index (χ0v) is 16.3. The normalized spacial score (nSPS) is 14.9. The van der Waals surface area contributed by atoms with Crippen molar-refractivity contribution in [1.29, 1.82) is 0 Å². The van der Waals surface area contributed by atoms with Crippen LogP contribution in [0.3, 0.4) is 0 Å². The highest BCUT2D eigenvalue weighted by Gasteiger charge is 2.26. The number of cyclic esters (lactones) is 1. The van der Waals surface area contributed by atoms with Gasteiger partial charge in [-0.05, 0) is 64.6 Å². The molecule has 0 saturated heterocycles. The van der Waals surface area contributed by atoms with Crippen molar-refractivity contribution < 1.29 is 18.7 Å². The van der Waals surface area contributed by atoms with Gasteiger partial charge in [-0.3, -0.25) is 0 Å². The molecule has 0 atom stereocenters. The number of esters is 1. The minimum absolute atomic E-state index is 0.161. The molecule has 0 unspecified atom stereocenters. The predicted octanol–water partition coefficient (Wildman–Crippen LogP) is 4.81. The Balaban J connectivity index is 1.57. The van der Waals surface area contributed by atoms with Gasteiger partial charge in [0.15, 0.2) is 11.5 Å². The maximum atomic E-state index is 12.1. The van der Waals surface area contributed by atoms with Gasteiger partial charge in [-0.25, -0.2) is 9.79 Å². The molecule has 0 bridgehead atoms. The molecular formula is C21H14INO4. The number of furan rings is 1. The third-order valence-electron chi connectivity index (χ3n) is 3.85. The number of para-hydroxylation sites is 1. The van der Waals surface area contributed by atoms with E-state index in [0.29, 0.717) is 18.1 Å². The summed E-state index contributed by atoms with van der Waals surface area (Å²) in [5.74, 6) is 0.718. The third-order valence-corrected chi connectivity index (χ3v) is 4.52. The van der Waals surface area contributed by atoms with E-state index in [0.717, 1.165) is 14.7 Å². The summed E-state index contributed by atoms with van der Waals surface area (Å²) in [5.41, 5.74) is 2.02. The third kappa shape index (κ3) is 4.11. The van der Waals surface area contributed by atoms with E-state index in [4.69, 9.17) is 13.9 Å². The fourth-order valence-electron chi connectivity index (χ4n) is 2.58. The lowest BCUT2D eigenvalue weighted by Gasteiger charge is -2.09. The Morgan fingerprint density at radius 3 is 2.78 bits per heavy atom. The topological polar surface area (TPSA) is 61.0 Å². The van der Waals surface area contributed by atoms with Crippen LogP contribution in [-0.2, 0) is 16.1 Å². The number of nitrogens with zero attached hydrogens (tertiary/aromatic N) is 1. The Morgan fingerprint density at radius 2 is 1.96 bits per heavy atom. The van der Waals surface area contributed by atoms with Gasteiger partial charge in [0.1, 0.15) is 12.4 Å². The van der Waals surface area contributed by atoms with Gasteiger partial charge in [0.05, 0.1) is 6.26 Å². The van der Waals surface area contributed by atoms with Crippen LogP contribution in [0.4, 0.5) is 0 Å². The highest BCUT2D eigenvalue weighted by atomic mass is 127. The van der Waals surface area contributed by atoms with E-state index in [9.17, 15) is 4.79 Å². The average Bonchev–Trinajstić information content (AvgIpc) is 3.31. The van der Waals surface area contributed by atoms with Crippen LogP contribution in [0.5, 0.6) is 5.75 Å². The van der Waals surface area contributed by atoms with Gasteiger partial charge < -0.3 is 13.9 Å². The van der Waals surface area contributed by atoms with Gasteiger partial charge >= 0.3 is 5.97 Å². The fraction of sp³-hybridized carbons (Fsp3) is 0.0476. The molecule has 4 rings (SSSR count). The largest absolute Gasteiger partial charge is 0.488 e. The molecule has 0 aliphatic carbocycles. The van der Waals surface area contributed by atoms with E-state index in [1.165, 1.54) is 6.26 Å². The van der Waals surface area contributed by atoms with Crippen LogP contribution in [0.2, 0.25) is 0 Å². The van der Waals surface area contributed by atoms with Crippen molar-refractivity contribution in [2.24, 2.45) is 4.99 Å². The Labute approximate surface area is 169 Å². The van der Waals surface area contributed by atoms with Crippen LogP contribution in [0, 0.1) is 3.57 Å². The molecule has 2 aromatic carbocycles. The molecule has 0 saturated carbocycles. The van der Waals surface area contributed by atoms with E-state index in [-0.39, 0.29) is 11.6 Å². The lowest BCUT2D eigenvalue weighted by Crippen LogP contribution is -2.04. The molecule has 0 radical (unpaired) electrons. The number of rotatable bonds is 5. The quantitative estimate of drug-likeness (QED) is 0.305. The molecular weight excluding hydrogens is 457 g/mol. The van der Waals surface area contributed by atoms with E-state index < -0.39 is 5.97 Å². The van der Waals surface area contributed by atoms with E-state index in [1.54, 1.807) is 18.2 Å². The molecule has 0 amide bonds. The summed E-state index contributed by atoms with van der Waals surface area (Å²) >= 11 is 2.27. The SMILES string of the molecule is O=C1OC(c2ccco2)=N/C1=C\c1ccccc1OCc1cccc(I)c1. The maximum absolute atomic E-state index is 12.1. The summed E-state index contributed by atoms with van der Waals surface area (Å²) in [6, 6.07) is 19.0. The first kappa shape index (κ1) is 17.5. The van der Waals surface area contributed by atoms with E-state index in [1.807, 2.05) is 42.5 Å². The maximum Gasteiger partial charge on any atom is 0.363 e. The van der Waals surface area contributed by atoms with Crippen LogP contribution in [0.1, 0.15) is 16.9 Å². The summed E-state index contributed by atoms with van der Waals surface area (Å²) in [6.45, 7) is 0.433. The average molecular weight is 471 g/mol. The van der Waals surface area contributed by atoms with E-state index in [2.05, 4.69) is 33.6 Å².